The lowest BCUT2D eigenvalue weighted by atomic mass is 9.72. The summed E-state index contributed by atoms with van der Waals surface area (Å²) in [4.78, 5) is 20.4. The van der Waals surface area contributed by atoms with Gasteiger partial charge in [0, 0.05) is 24.4 Å². The van der Waals surface area contributed by atoms with Crippen LogP contribution in [0.4, 0.5) is 4.39 Å². The van der Waals surface area contributed by atoms with Gasteiger partial charge in [-0.25, -0.2) is 19.8 Å². The minimum Gasteiger partial charge on any atom is -0.291 e. The van der Waals surface area contributed by atoms with Crippen LogP contribution in [0.3, 0.4) is 0 Å². The number of carbonyl (C=O) groups is 1. The van der Waals surface area contributed by atoms with E-state index in [2.05, 4.69) is 20.8 Å². The normalized spacial score (nSPS) is 26.0. The van der Waals surface area contributed by atoms with Crippen molar-refractivity contribution in [3.8, 4) is 11.4 Å². The van der Waals surface area contributed by atoms with Gasteiger partial charge < -0.3 is 0 Å². The molecule has 5 nitrogen and oxygen atoms in total. The monoisotopic (exact) mass is 340 g/mol. The van der Waals surface area contributed by atoms with Crippen molar-refractivity contribution in [1.29, 1.82) is 0 Å². The van der Waals surface area contributed by atoms with E-state index in [1.54, 1.807) is 24.5 Å². The summed E-state index contributed by atoms with van der Waals surface area (Å²) in [6.07, 6.45) is 8.26. The van der Waals surface area contributed by atoms with E-state index in [-0.39, 0.29) is 23.7 Å². The van der Waals surface area contributed by atoms with E-state index in [9.17, 15) is 9.18 Å². The molecule has 25 heavy (non-hydrogen) atoms. The predicted octanol–water partition coefficient (Wildman–Crippen LogP) is 2.63. The number of nitrogens with zero attached hydrogens (tertiary/aromatic N) is 2. The molecule has 2 fully saturated rings. The maximum Gasteiger partial charge on any atom is 0.237 e. The largest absolute Gasteiger partial charge is 0.291 e. The first kappa shape index (κ1) is 16.1. The van der Waals surface area contributed by atoms with Crippen molar-refractivity contribution in [3.63, 3.8) is 0 Å². The van der Waals surface area contributed by atoms with E-state index in [1.165, 1.54) is 12.5 Å². The van der Waals surface area contributed by atoms with Crippen molar-refractivity contribution in [2.45, 2.75) is 38.1 Å². The molecule has 2 aliphatic rings. The van der Waals surface area contributed by atoms with Gasteiger partial charge in [0.05, 0.1) is 5.56 Å². The first-order valence-electron chi connectivity index (χ1n) is 8.83. The van der Waals surface area contributed by atoms with Crippen molar-refractivity contribution in [2.24, 2.45) is 11.8 Å². The molecular weight excluding hydrogens is 319 g/mol. The maximum absolute atomic E-state index is 14.2. The van der Waals surface area contributed by atoms with Gasteiger partial charge in [-0.05, 0) is 48.9 Å². The molecule has 4 rings (SSSR count). The minimum absolute atomic E-state index is 0.0948. The number of nitrogens with one attached hydrogen (secondary N) is 2. The summed E-state index contributed by atoms with van der Waals surface area (Å²) in [6, 6.07) is 6.97. The lowest BCUT2D eigenvalue weighted by Gasteiger charge is -2.41. The molecule has 0 radical (unpaired) electrons. The third kappa shape index (κ3) is 3.26. The van der Waals surface area contributed by atoms with Crippen molar-refractivity contribution >= 4 is 5.91 Å². The van der Waals surface area contributed by atoms with Crippen LogP contribution in [-0.2, 0) is 11.2 Å². The molecule has 1 aromatic heterocycles. The van der Waals surface area contributed by atoms with Crippen LogP contribution in [0.25, 0.3) is 11.4 Å². The molecule has 6 heteroatoms. The molecule has 1 amide bonds. The molecule has 1 saturated heterocycles. The molecule has 1 aromatic carbocycles. The fourth-order valence-corrected chi connectivity index (χ4v) is 4.10. The van der Waals surface area contributed by atoms with Gasteiger partial charge in [0.2, 0.25) is 5.91 Å². The standard InChI is InChI=1S/C19H21FN4O/c20-16-7-6-12(10-15(16)18-21-8-3-9-22-18)11-17-13-4-1-2-5-14(13)19(25)24-23-17/h3,6-10,13-14,17,23H,1-2,4-5,11H2,(H,24,25). The summed E-state index contributed by atoms with van der Waals surface area (Å²) < 4.78 is 14.2. The molecule has 2 heterocycles. The Bertz CT molecular complexity index is 767. The molecule has 1 saturated carbocycles. The van der Waals surface area contributed by atoms with E-state index >= 15 is 0 Å². The first-order chi connectivity index (χ1) is 12.2. The Morgan fingerprint density at radius 3 is 2.80 bits per heavy atom. The number of carbonyl (C=O) groups excluding carboxylic acids is 1. The number of hydrazine groups is 1. The van der Waals surface area contributed by atoms with Gasteiger partial charge in [0.1, 0.15) is 5.82 Å². The third-order valence-corrected chi connectivity index (χ3v) is 5.35. The molecule has 3 atom stereocenters. The van der Waals surface area contributed by atoms with Crippen LogP contribution in [0.15, 0.2) is 36.7 Å². The van der Waals surface area contributed by atoms with E-state index < -0.39 is 0 Å². The lowest BCUT2D eigenvalue weighted by Crippen LogP contribution is -2.60. The van der Waals surface area contributed by atoms with Crippen molar-refractivity contribution in [3.05, 3.63) is 48.0 Å². The molecule has 3 unspecified atom stereocenters. The van der Waals surface area contributed by atoms with E-state index in [0.717, 1.165) is 31.2 Å². The summed E-state index contributed by atoms with van der Waals surface area (Å²) in [7, 11) is 0. The average molecular weight is 340 g/mol. The number of halogens is 1. The highest BCUT2D eigenvalue weighted by molar-refractivity contribution is 5.79. The van der Waals surface area contributed by atoms with E-state index in [4.69, 9.17) is 0 Å². The number of rotatable bonds is 3. The maximum atomic E-state index is 14.2. The van der Waals surface area contributed by atoms with Crippen LogP contribution in [0.5, 0.6) is 0 Å². The summed E-state index contributed by atoms with van der Waals surface area (Å²) >= 11 is 0. The number of amides is 1. The van der Waals surface area contributed by atoms with Crippen LogP contribution >= 0.6 is 0 Å². The highest BCUT2D eigenvalue weighted by atomic mass is 19.1. The summed E-state index contributed by atoms with van der Waals surface area (Å²) in [5, 5.41) is 0. The second-order valence-corrected chi connectivity index (χ2v) is 6.89. The van der Waals surface area contributed by atoms with Gasteiger partial charge in [0.15, 0.2) is 5.82 Å². The van der Waals surface area contributed by atoms with Gasteiger partial charge in [-0.2, -0.15) is 0 Å². The van der Waals surface area contributed by atoms with E-state index in [0.29, 0.717) is 17.3 Å². The van der Waals surface area contributed by atoms with Crippen LogP contribution in [0.1, 0.15) is 31.2 Å². The lowest BCUT2D eigenvalue weighted by molar-refractivity contribution is -0.133. The topological polar surface area (TPSA) is 66.9 Å². The van der Waals surface area contributed by atoms with Crippen LogP contribution in [-0.4, -0.2) is 21.9 Å². The third-order valence-electron chi connectivity index (χ3n) is 5.35. The number of hydrogen-bond donors (Lipinski definition) is 2. The highest BCUT2D eigenvalue weighted by Gasteiger charge is 2.39. The van der Waals surface area contributed by atoms with Crippen molar-refractivity contribution in [2.75, 3.05) is 0 Å². The zero-order valence-corrected chi connectivity index (χ0v) is 13.9. The average Bonchev–Trinajstić information content (AvgIpc) is 2.66. The second kappa shape index (κ2) is 6.88. The molecule has 130 valence electrons. The number of fused-ring (bicyclic) bond motifs is 1. The second-order valence-electron chi connectivity index (χ2n) is 6.89. The Morgan fingerprint density at radius 1 is 1.16 bits per heavy atom. The Hall–Kier alpha value is -2.34. The Balaban J connectivity index is 1.57. The minimum atomic E-state index is -0.324. The quantitative estimate of drug-likeness (QED) is 0.901. The molecule has 0 bridgehead atoms. The highest BCUT2D eigenvalue weighted by Crippen LogP contribution is 2.35. The van der Waals surface area contributed by atoms with Crippen LogP contribution in [0, 0.1) is 17.7 Å². The first-order valence-corrected chi connectivity index (χ1v) is 8.83. The SMILES string of the molecule is O=C1NNC(Cc2ccc(F)c(-c3ncccn3)c2)C2CCCCC12. The van der Waals surface area contributed by atoms with Gasteiger partial charge in [-0.15, -0.1) is 0 Å². The van der Waals surface area contributed by atoms with Crippen molar-refractivity contribution < 1.29 is 9.18 Å². The molecule has 1 aliphatic heterocycles. The van der Waals surface area contributed by atoms with Gasteiger partial charge in [-0.3, -0.25) is 10.2 Å². The molecule has 2 aromatic rings. The van der Waals surface area contributed by atoms with Gasteiger partial charge in [0.25, 0.3) is 0 Å². The van der Waals surface area contributed by atoms with Crippen molar-refractivity contribution in [1.82, 2.24) is 20.8 Å². The van der Waals surface area contributed by atoms with Gasteiger partial charge in [-0.1, -0.05) is 18.9 Å². The zero-order valence-electron chi connectivity index (χ0n) is 13.9. The molecule has 0 spiro atoms. The predicted molar refractivity (Wildman–Crippen MR) is 91.6 cm³/mol. The summed E-state index contributed by atoms with van der Waals surface area (Å²) in [6.45, 7) is 0. The van der Waals surface area contributed by atoms with Gasteiger partial charge >= 0.3 is 0 Å². The Kier molecular flexibility index (Phi) is 4.44. The molecule has 1 aliphatic carbocycles. The number of aromatic nitrogens is 2. The molecule has 2 N–H and O–H groups in total. The number of hydrogen-bond acceptors (Lipinski definition) is 4. The number of benzene rings is 1. The zero-order chi connectivity index (χ0) is 17.2. The molecular formula is C19H21FN4O. The van der Waals surface area contributed by atoms with Crippen LogP contribution in [0.2, 0.25) is 0 Å². The van der Waals surface area contributed by atoms with Crippen LogP contribution < -0.4 is 10.9 Å². The fourth-order valence-electron chi connectivity index (χ4n) is 4.10. The summed E-state index contributed by atoms with van der Waals surface area (Å²) in [5.74, 6) is 0.609. The Morgan fingerprint density at radius 2 is 1.96 bits per heavy atom. The smallest absolute Gasteiger partial charge is 0.237 e. The Labute approximate surface area is 146 Å². The fraction of sp³-hybridized carbons (Fsp3) is 0.421. The summed E-state index contributed by atoms with van der Waals surface area (Å²) in [5.41, 5.74) is 7.42. The van der Waals surface area contributed by atoms with E-state index in [1.807, 2.05) is 6.07 Å².